The number of aromatic nitrogens is 1. The Labute approximate surface area is 138 Å². The summed E-state index contributed by atoms with van der Waals surface area (Å²) in [5, 5.41) is 4.23. The third-order valence-electron chi connectivity index (χ3n) is 3.62. The van der Waals surface area contributed by atoms with Crippen LogP contribution in [0.15, 0.2) is 24.3 Å². The maximum atomic E-state index is 12.0. The highest BCUT2D eigenvalue weighted by Crippen LogP contribution is 2.26. The van der Waals surface area contributed by atoms with Crippen molar-refractivity contribution in [3.05, 3.63) is 45.4 Å². The Bertz CT molecular complexity index is 663. The van der Waals surface area contributed by atoms with Gasteiger partial charge in [0, 0.05) is 22.9 Å². The van der Waals surface area contributed by atoms with E-state index in [9.17, 15) is 4.79 Å². The van der Waals surface area contributed by atoms with Crippen LogP contribution in [0.3, 0.4) is 0 Å². The molecule has 1 aliphatic rings. The van der Waals surface area contributed by atoms with E-state index in [0.29, 0.717) is 11.7 Å². The number of halogens is 1. The van der Waals surface area contributed by atoms with Crippen LogP contribution in [0.2, 0.25) is 5.02 Å². The predicted octanol–water partition coefficient (Wildman–Crippen LogP) is 3.81. The smallest absolute Gasteiger partial charge is 0.255 e. The van der Waals surface area contributed by atoms with Gasteiger partial charge in [-0.25, -0.2) is 4.98 Å². The summed E-state index contributed by atoms with van der Waals surface area (Å²) in [5.74, 6) is -0.0932. The van der Waals surface area contributed by atoms with E-state index in [1.54, 1.807) is 0 Å². The van der Waals surface area contributed by atoms with Crippen LogP contribution in [0.4, 0.5) is 5.13 Å². The molecule has 1 unspecified atom stereocenters. The van der Waals surface area contributed by atoms with E-state index in [1.165, 1.54) is 16.9 Å². The number of carbonyl (C=O) groups excluding carboxylic acids is 1. The Morgan fingerprint density at radius 2 is 2.23 bits per heavy atom. The fourth-order valence-corrected chi connectivity index (χ4v) is 3.53. The van der Waals surface area contributed by atoms with Gasteiger partial charge in [0.15, 0.2) is 5.13 Å². The van der Waals surface area contributed by atoms with Gasteiger partial charge >= 0.3 is 0 Å². The molecule has 2 heterocycles. The van der Waals surface area contributed by atoms with Crippen LogP contribution in [0.5, 0.6) is 0 Å². The second-order valence-electron chi connectivity index (χ2n) is 5.32. The zero-order chi connectivity index (χ0) is 15.5. The fourth-order valence-electron chi connectivity index (χ4n) is 2.40. The number of carbonyl (C=O) groups is 1. The molecule has 1 atom stereocenters. The summed E-state index contributed by atoms with van der Waals surface area (Å²) in [7, 11) is 0. The lowest BCUT2D eigenvalue weighted by Crippen LogP contribution is -2.26. The zero-order valence-electron chi connectivity index (χ0n) is 12.3. The second kappa shape index (κ2) is 6.77. The maximum Gasteiger partial charge on any atom is 0.255 e. The number of rotatable bonds is 4. The van der Waals surface area contributed by atoms with Crippen LogP contribution >= 0.6 is 22.9 Å². The Hall–Kier alpha value is -1.43. The lowest BCUT2D eigenvalue weighted by atomic mass is 10.1. The summed E-state index contributed by atoms with van der Waals surface area (Å²) >= 11 is 7.41. The molecule has 2 aromatic rings. The molecule has 1 N–H and O–H groups in total. The van der Waals surface area contributed by atoms with Crippen molar-refractivity contribution in [2.45, 2.75) is 32.3 Å². The summed E-state index contributed by atoms with van der Waals surface area (Å²) in [6.07, 6.45) is 2.19. The van der Waals surface area contributed by atoms with E-state index < -0.39 is 0 Å². The summed E-state index contributed by atoms with van der Waals surface area (Å²) in [4.78, 5) is 17.6. The molecule has 4 nitrogen and oxygen atoms in total. The first kappa shape index (κ1) is 15.5. The van der Waals surface area contributed by atoms with Gasteiger partial charge in [0.05, 0.1) is 5.69 Å². The van der Waals surface area contributed by atoms with Crippen LogP contribution in [-0.2, 0) is 16.0 Å². The quantitative estimate of drug-likeness (QED) is 0.923. The summed E-state index contributed by atoms with van der Waals surface area (Å²) < 4.78 is 5.38. The molecule has 1 aromatic carbocycles. The Balaban J connectivity index is 1.67. The highest BCUT2D eigenvalue weighted by atomic mass is 35.5. The molecular formula is C16H17ClN2O2S. The van der Waals surface area contributed by atoms with Crippen molar-refractivity contribution in [2.75, 3.05) is 11.9 Å². The number of hydrogen-bond acceptors (Lipinski definition) is 4. The van der Waals surface area contributed by atoms with Crippen molar-refractivity contribution in [3.8, 4) is 0 Å². The number of aryl methyl sites for hydroxylation is 1. The van der Waals surface area contributed by atoms with Gasteiger partial charge in [0.2, 0.25) is 0 Å². The Morgan fingerprint density at radius 1 is 1.45 bits per heavy atom. The number of nitrogens with one attached hydrogen (secondary N) is 1. The van der Waals surface area contributed by atoms with Crippen LogP contribution in [0, 0.1) is 6.92 Å². The second-order valence-corrected chi connectivity index (χ2v) is 6.84. The van der Waals surface area contributed by atoms with Gasteiger partial charge in [-0.2, -0.15) is 0 Å². The molecule has 1 saturated heterocycles. The molecule has 6 heteroatoms. The standard InChI is InChI=1S/C16H17ClN2O2S/c1-10-14(9-11-4-6-12(17)7-5-11)22-16(18-10)19-15(20)13-3-2-8-21-13/h4-7,13H,2-3,8-9H2,1H3,(H,18,19,20). The normalized spacial score (nSPS) is 17.6. The van der Waals surface area contributed by atoms with Crippen molar-refractivity contribution in [1.82, 2.24) is 4.98 Å². The van der Waals surface area contributed by atoms with E-state index >= 15 is 0 Å². The molecule has 0 spiro atoms. The van der Waals surface area contributed by atoms with Crippen LogP contribution in [-0.4, -0.2) is 23.6 Å². The SMILES string of the molecule is Cc1nc(NC(=O)C2CCCO2)sc1Cc1ccc(Cl)cc1. The van der Waals surface area contributed by atoms with Gasteiger partial charge in [0.25, 0.3) is 5.91 Å². The molecular weight excluding hydrogens is 320 g/mol. The molecule has 0 radical (unpaired) electrons. The van der Waals surface area contributed by atoms with Crippen LogP contribution < -0.4 is 5.32 Å². The van der Waals surface area contributed by atoms with E-state index in [4.69, 9.17) is 16.3 Å². The third kappa shape index (κ3) is 3.66. The van der Waals surface area contributed by atoms with Crippen LogP contribution in [0.1, 0.15) is 29.0 Å². The van der Waals surface area contributed by atoms with Gasteiger partial charge in [-0.05, 0) is 37.5 Å². The molecule has 1 amide bonds. The average Bonchev–Trinajstić information content (AvgIpc) is 3.12. The minimum Gasteiger partial charge on any atom is -0.368 e. The monoisotopic (exact) mass is 336 g/mol. The summed E-state index contributed by atoms with van der Waals surface area (Å²) in [6.45, 7) is 2.63. The molecule has 0 saturated carbocycles. The van der Waals surface area contributed by atoms with E-state index in [0.717, 1.165) is 34.9 Å². The fraction of sp³-hybridized carbons (Fsp3) is 0.375. The highest BCUT2D eigenvalue weighted by molar-refractivity contribution is 7.15. The van der Waals surface area contributed by atoms with Crippen LogP contribution in [0.25, 0.3) is 0 Å². The van der Waals surface area contributed by atoms with E-state index in [-0.39, 0.29) is 12.0 Å². The van der Waals surface area contributed by atoms with E-state index in [1.807, 2.05) is 31.2 Å². The highest BCUT2D eigenvalue weighted by Gasteiger charge is 2.24. The number of amides is 1. The minimum absolute atomic E-state index is 0.0932. The molecule has 3 rings (SSSR count). The average molecular weight is 337 g/mol. The zero-order valence-corrected chi connectivity index (χ0v) is 13.8. The lowest BCUT2D eigenvalue weighted by Gasteiger charge is -2.07. The summed E-state index contributed by atoms with van der Waals surface area (Å²) in [5.41, 5.74) is 2.12. The first-order chi connectivity index (χ1) is 10.6. The lowest BCUT2D eigenvalue weighted by molar-refractivity contribution is -0.124. The first-order valence-electron chi connectivity index (χ1n) is 7.25. The number of benzene rings is 1. The number of nitrogens with zero attached hydrogens (tertiary/aromatic N) is 1. The molecule has 1 aliphatic heterocycles. The molecule has 1 aromatic heterocycles. The Kier molecular flexibility index (Phi) is 4.76. The first-order valence-corrected chi connectivity index (χ1v) is 8.44. The van der Waals surface area contributed by atoms with Crippen molar-refractivity contribution in [2.24, 2.45) is 0 Å². The molecule has 0 aliphatic carbocycles. The van der Waals surface area contributed by atoms with Crippen molar-refractivity contribution >= 4 is 34.0 Å². The molecule has 0 bridgehead atoms. The van der Waals surface area contributed by atoms with Gasteiger partial charge in [-0.15, -0.1) is 11.3 Å². The summed E-state index contributed by atoms with van der Waals surface area (Å²) in [6, 6.07) is 7.78. The Morgan fingerprint density at radius 3 is 2.91 bits per heavy atom. The predicted molar refractivity (Wildman–Crippen MR) is 88.7 cm³/mol. The molecule has 22 heavy (non-hydrogen) atoms. The topological polar surface area (TPSA) is 51.2 Å². The number of thiazole rings is 1. The van der Waals surface area contributed by atoms with Crippen molar-refractivity contribution in [3.63, 3.8) is 0 Å². The number of anilines is 1. The molecule has 116 valence electrons. The molecule has 1 fully saturated rings. The number of ether oxygens (including phenoxy) is 1. The van der Waals surface area contributed by atoms with Gasteiger partial charge < -0.3 is 4.74 Å². The minimum atomic E-state index is -0.330. The van der Waals surface area contributed by atoms with Gasteiger partial charge in [-0.1, -0.05) is 23.7 Å². The number of hydrogen-bond donors (Lipinski definition) is 1. The third-order valence-corrected chi connectivity index (χ3v) is 4.95. The van der Waals surface area contributed by atoms with Crippen molar-refractivity contribution in [1.29, 1.82) is 0 Å². The largest absolute Gasteiger partial charge is 0.368 e. The van der Waals surface area contributed by atoms with Crippen molar-refractivity contribution < 1.29 is 9.53 Å². The van der Waals surface area contributed by atoms with Gasteiger partial charge in [0.1, 0.15) is 6.10 Å². The maximum absolute atomic E-state index is 12.0. The van der Waals surface area contributed by atoms with Gasteiger partial charge in [-0.3, -0.25) is 10.1 Å². The van der Waals surface area contributed by atoms with E-state index in [2.05, 4.69) is 10.3 Å².